The van der Waals surface area contributed by atoms with Crippen LogP contribution in [0, 0.1) is 5.92 Å². The molecule has 1 aliphatic rings. The SMILES string of the molecule is CCC[C@@H](C(=O)NN)N1CCC[C@H](C)C1. The van der Waals surface area contributed by atoms with Crippen LogP contribution < -0.4 is 11.3 Å². The molecule has 1 heterocycles. The number of nitrogens with two attached hydrogens (primary N) is 1. The van der Waals surface area contributed by atoms with E-state index in [9.17, 15) is 4.79 Å². The van der Waals surface area contributed by atoms with Crippen molar-refractivity contribution in [1.82, 2.24) is 10.3 Å². The van der Waals surface area contributed by atoms with Gasteiger partial charge in [0.1, 0.15) is 0 Å². The van der Waals surface area contributed by atoms with Gasteiger partial charge in [-0.1, -0.05) is 20.3 Å². The van der Waals surface area contributed by atoms with Gasteiger partial charge in [-0.15, -0.1) is 0 Å². The topological polar surface area (TPSA) is 58.4 Å². The van der Waals surface area contributed by atoms with Gasteiger partial charge in [0.25, 0.3) is 5.91 Å². The van der Waals surface area contributed by atoms with Crippen molar-refractivity contribution in [2.24, 2.45) is 11.8 Å². The normalized spacial score (nSPS) is 24.9. The number of rotatable bonds is 4. The van der Waals surface area contributed by atoms with Crippen molar-refractivity contribution in [2.45, 2.75) is 45.6 Å². The first-order chi connectivity index (χ1) is 7.19. The molecule has 1 aliphatic heterocycles. The first-order valence-electron chi connectivity index (χ1n) is 5.93. The number of amides is 1. The lowest BCUT2D eigenvalue weighted by molar-refractivity contribution is -0.127. The summed E-state index contributed by atoms with van der Waals surface area (Å²) in [5.41, 5.74) is 2.28. The first kappa shape index (κ1) is 12.5. The van der Waals surface area contributed by atoms with Crippen molar-refractivity contribution >= 4 is 5.91 Å². The van der Waals surface area contributed by atoms with Gasteiger partial charge in [-0.2, -0.15) is 0 Å². The van der Waals surface area contributed by atoms with Crippen LogP contribution in [-0.2, 0) is 4.79 Å². The Kier molecular flexibility index (Phi) is 5.05. The molecular formula is C11H23N3O. The maximum absolute atomic E-state index is 11.6. The second-order valence-electron chi connectivity index (χ2n) is 4.56. The molecule has 1 amide bonds. The van der Waals surface area contributed by atoms with Gasteiger partial charge in [-0.25, -0.2) is 5.84 Å². The summed E-state index contributed by atoms with van der Waals surface area (Å²) in [4.78, 5) is 13.9. The Hall–Kier alpha value is -0.610. The molecule has 0 aromatic heterocycles. The predicted molar refractivity (Wildman–Crippen MR) is 61.0 cm³/mol. The summed E-state index contributed by atoms with van der Waals surface area (Å²) in [6.45, 7) is 6.40. The van der Waals surface area contributed by atoms with Gasteiger partial charge in [-0.3, -0.25) is 15.1 Å². The van der Waals surface area contributed by atoms with Crippen LogP contribution in [0.2, 0.25) is 0 Å². The summed E-state index contributed by atoms with van der Waals surface area (Å²) in [7, 11) is 0. The van der Waals surface area contributed by atoms with Gasteiger partial charge in [0.2, 0.25) is 0 Å². The standard InChI is InChI=1S/C11H23N3O/c1-3-5-10(11(15)13-12)14-7-4-6-9(2)8-14/h9-10H,3-8,12H2,1-2H3,(H,13,15)/t9-,10-/m0/s1. The van der Waals surface area contributed by atoms with E-state index in [2.05, 4.69) is 24.2 Å². The third-order valence-corrected chi connectivity index (χ3v) is 3.14. The van der Waals surface area contributed by atoms with E-state index < -0.39 is 0 Å². The summed E-state index contributed by atoms with van der Waals surface area (Å²) in [5, 5.41) is 0. The summed E-state index contributed by atoms with van der Waals surface area (Å²) in [5.74, 6) is 5.88. The van der Waals surface area contributed by atoms with E-state index in [1.165, 1.54) is 12.8 Å². The molecule has 15 heavy (non-hydrogen) atoms. The fourth-order valence-electron chi connectivity index (χ4n) is 2.36. The number of nitrogens with one attached hydrogen (secondary N) is 1. The summed E-state index contributed by atoms with van der Waals surface area (Å²) in [6, 6.07) is -0.0252. The van der Waals surface area contributed by atoms with Crippen molar-refractivity contribution in [3.8, 4) is 0 Å². The highest BCUT2D eigenvalue weighted by molar-refractivity contribution is 5.81. The molecule has 0 unspecified atom stereocenters. The lowest BCUT2D eigenvalue weighted by Crippen LogP contribution is -2.51. The molecule has 0 radical (unpaired) electrons. The van der Waals surface area contributed by atoms with E-state index >= 15 is 0 Å². The lowest BCUT2D eigenvalue weighted by atomic mass is 9.97. The highest BCUT2D eigenvalue weighted by Crippen LogP contribution is 2.19. The van der Waals surface area contributed by atoms with Crippen LogP contribution in [0.3, 0.4) is 0 Å². The summed E-state index contributed by atoms with van der Waals surface area (Å²) < 4.78 is 0. The molecule has 0 bridgehead atoms. The number of likely N-dealkylation sites (tertiary alicyclic amines) is 1. The van der Waals surface area contributed by atoms with E-state index in [1.807, 2.05) is 0 Å². The predicted octanol–water partition coefficient (Wildman–Crippen LogP) is 0.877. The number of hydrogen-bond donors (Lipinski definition) is 2. The molecule has 4 heteroatoms. The monoisotopic (exact) mass is 213 g/mol. The highest BCUT2D eigenvalue weighted by atomic mass is 16.2. The van der Waals surface area contributed by atoms with Crippen LogP contribution in [0.15, 0.2) is 0 Å². The molecule has 1 saturated heterocycles. The van der Waals surface area contributed by atoms with Gasteiger partial charge >= 0.3 is 0 Å². The molecule has 0 aliphatic carbocycles. The van der Waals surface area contributed by atoms with Crippen LogP contribution in [0.4, 0.5) is 0 Å². The van der Waals surface area contributed by atoms with Crippen LogP contribution in [0.1, 0.15) is 39.5 Å². The number of hydrogen-bond acceptors (Lipinski definition) is 3. The van der Waals surface area contributed by atoms with Gasteiger partial charge in [0.15, 0.2) is 0 Å². The molecule has 1 rings (SSSR count). The largest absolute Gasteiger partial charge is 0.293 e. The average molecular weight is 213 g/mol. The van der Waals surface area contributed by atoms with Crippen LogP contribution in [0.25, 0.3) is 0 Å². The Morgan fingerprint density at radius 2 is 2.40 bits per heavy atom. The third-order valence-electron chi connectivity index (χ3n) is 3.14. The Balaban J connectivity index is 2.57. The van der Waals surface area contributed by atoms with Crippen LogP contribution in [0.5, 0.6) is 0 Å². The minimum Gasteiger partial charge on any atom is -0.293 e. The quantitative estimate of drug-likeness (QED) is 0.414. The average Bonchev–Trinajstić information content (AvgIpc) is 2.25. The fraction of sp³-hybridized carbons (Fsp3) is 0.909. The first-order valence-corrected chi connectivity index (χ1v) is 5.93. The second kappa shape index (κ2) is 6.08. The zero-order chi connectivity index (χ0) is 11.3. The maximum Gasteiger partial charge on any atom is 0.251 e. The van der Waals surface area contributed by atoms with E-state index in [1.54, 1.807) is 0 Å². The van der Waals surface area contributed by atoms with Gasteiger partial charge in [-0.05, 0) is 31.7 Å². The van der Waals surface area contributed by atoms with Gasteiger partial charge in [0, 0.05) is 6.54 Å². The summed E-state index contributed by atoms with van der Waals surface area (Å²) >= 11 is 0. The fourth-order valence-corrected chi connectivity index (χ4v) is 2.36. The maximum atomic E-state index is 11.6. The van der Waals surface area contributed by atoms with Gasteiger partial charge in [0.05, 0.1) is 6.04 Å². The molecule has 0 aromatic carbocycles. The molecule has 2 atom stereocenters. The van der Waals surface area contributed by atoms with Gasteiger partial charge < -0.3 is 0 Å². The number of carbonyl (C=O) groups is 1. The lowest BCUT2D eigenvalue weighted by Gasteiger charge is -2.36. The van der Waals surface area contributed by atoms with Crippen molar-refractivity contribution in [3.63, 3.8) is 0 Å². The zero-order valence-corrected chi connectivity index (χ0v) is 9.83. The highest BCUT2D eigenvalue weighted by Gasteiger charge is 2.27. The van der Waals surface area contributed by atoms with Crippen molar-refractivity contribution in [3.05, 3.63) is 0 Å². The third kappa shape index (κ3) is 3.47. The molecule has 88 valence electrons. The molecular weight excluding hydrogens is 190 g/mol. The van der Waals surface area contributed by atoms with E-state index in [0.29, 0.717) is 5.92 Å². The smallest absolute Gasteiger partial charge is 0.251 e. The second-order valence-corrected chi connectivity index (χ2v) is 4.56. The number of carbonyl (C=O) groups excluding carboxylic acids is 1. The molecule has 1 fully saturated rings. The minimum absolute atomic E-state index is 0.0252. The Morgan fingerprint density at radius 3 is 2.93 bits per heavy atom. The van der Waals surface area contributed by atoms with Crippen molar-refractivity contribution < 1.29 is 4.79 Å². The Labute approximate surface area is 92.2 Å². The van der Waals surface area contributed by atoms with Crippen molar-refractivity contribution in [1.29, 1.82) is 0 Å². The molecule has 0 spiro atoms. The molecule has 4 nitrogen and oxygen atoms in total. The number of hydrazine groups is 1. The minimum atomic E-state index is -0.0362. The van der Waals surface area contributed by atoms with E-state index in [4.69, 9.17) is 5.84 Å². The number of nitrogens with zero attached hydrogens (tertiary/aromatic N) is 1. The van der Waals surface area contributed by atoms with Crippen LogP contribution >= 0.6 is 0 Å². The van der Waals surface area contributed by atoms with Crippen LogP contribution in [-0.4, -0.2) is 29.9 Å². The Bertz CT molecular complexity index is 208. The molecule has 0 aromatic rings. The molecule has 0 saturated carbocycles. The summed E-state index contributed by atoms with van der Waals surface area (Å²) in [6.07, 6.45) is 4.39. The van der Waals surface area contributed by atoms with E-state index in [-0.39, 0.29) is 11.9 Å². The van der Waals surface area contributed by atoms with Crippen molar-refractivity contribution in [2.75, 3.05) is 13.1 Å². The zero-order valence-electron chi connectivity index (χ0n) is 9.83. The molecule has 3 N–H and O–H groups in total. The van der Waals surface area contributed by atoms with E-state index in [0.717, 1.165) is 25.9 Å². The Morgan fingerprint density at radius 1 is 1.67 bits per heavy atom. The number of piperidine rings is 1.